The van der Waals surface area contributed by atoms with E-state index in [0.29, 0.717) is 53.6 Å². The fourth-order valence-electron chi connectivity index (χ4n) is 4.34. The molecule has 4 heterocycles. The number of piperidine rings is 1. The molecule has 1 aliphatic heterocycles. The number of esters is 1. The van der Waals surface area contributed by atoms with E-state index in [4.69, 9.17) is 13.9 Å². The van der Waals surface area contributed by atoms with Gasteiger partial charge in [0.15, 0.2) is 10.9 Å². The summed E-state index contributed by atoms with van der Waals surface area (Å²) in [6, 6.07) is 11.3. The number of aromatic nitrogens is 4. The van der Waals surface area contributed by atoms with Crippen LogP contribution in [0, 0.1) is 5.92 Å². The first-order valence-electron chi connectivity index (χ1n) is 12.2. The molecule has 1 aromatic carbocycles. The molecule has 1 fully saturated rings. The fourth-order valence-corrected chi connectivity index (χ4v) is 6.07. The molecule has 38 heavy (non-hydrogen) atoms. The predicted molar refractivity (Wildman–Crippen MR) is 143 cm³/mol. The van der Waals surface area contributed by atoms with E-state index < -0.39 is 0 Å². The third-order valence-corrected chi connectivity index (χ3v) is 8.10. The minimum Gasteiger partial charge on any atom is -0.495 e. The Morgan fingerprint density at radius 2 is 2.08 bits per heavy atom. The highest BCUT2D eigenvalue weighted by Crippen LogP contribution is 2.34. The molecule has 1 unspecified atom stereocenters. The molecule has 4 aromatic rings. The maximum atomic E-state index is 13.1. The van der Waals surface area contributed by atoms with Crippen LogP contribution in [0.1, 0.15) is 35.3 Å². The van der Waals surface area contributed by atoms with Crippen molar-refractivity contribution >= 4 is 35.0 Å². The van der Waals surface area contributed by atoms with Crippen LogP contribution in [0.5, 0.6) is 5.75 Å². The van der Waals surface area contributed by atoms with Crippen LogP contribution < -0.4 is 4.74 Å². The molecule has 1 aliphatic rings. The van der Waals surface area contributed by atoms with Gasteiger partial charge in [0.1, 0.15) is 16.5 Å². The predicted octanol–water partition coefficient (Wildman–Crippen LogP) is 4.70. The smallest absolute Gasteiger partial charge is 0.310 e. The summed E-state index contributed by atoms with van der Waals surface area (Å²) in [5, 5.41) is 12.0. The van der Waals surface area contributed by atoms with E-state index in [1.165, 1.54) is 23.1 Å². The lowest BCUT2D eigenvalue weighted by atomic mass is 9.98. The molecule has 1 atom stereocenters. The lowest BCUT2D eigenvalue weighted by Crippen LogP contribution is -2.43. The molecule has 0 aliphatic carbocycles. The van der Waals surface area contributed by atoms with Crippen molar-refractivity contribution in [3.05, 3.63) is 58.7 Å². The van der Waals surface area contributed by atoms with Crippen LogP contribution in [-0.2, 0) is 15.3 Å². The van der Waals surface area contributed by atoms with Gasteiger partial charge in [0, 0.05) is 18.5 Å². The summed E-state index contributed by atoms with van der Waals surface area (Å²) in [5.74, 6) is 1.61. The summed E-state index contributed by atoms with van der Waals surface area (Å²) in [7, 11) is 1.62. The van der Waals surface area contributed by atoms with Crippen molar-refractivity contribution in [1.82, 2.24) is 24.6 Å². The van der Waals surface area contributed by atoms with Crippen molar-refractivity contribution in [2.45, 2.75) is 30.7 Å². The Kier molecular flexibility index (Phi) is 8.08. The zero-order chi connectivity index (χ0) is 26.5. The molecule has 1 saturated heterocycles. The average molecular weight is 554 g/mol. The topological polar surface area (TPSA) is 113 Å². The first kappa shape index (κ1) is 26.0. The maximum Gasteiger partial charge on any atom is 0.310 e. The van der Waals surface area contributed by atoms with Gasteiger partial charge in [-0.15, -0.1) is 21.5 Å². The SMILES string of the molecule is CCOC(=O)C1CCCN(C(=O)c2csc(CSc3nnc(-c4ccco4)n3-c3ccccc3OC)n2)C1. The molecular formula is C26H27N5O5S2. The molecule has 10 nitrogen and oxygen atoms in total. The van der Waals surface area contributed by atoms with Gasteiger partial charge in [0.05, 0.1) is 37.3 Å². The van der Waals surface area contributed by atoms with Crippen LogP contribution in [0.25, 0.3) is 17.3 Å². The number of carbonyl (C=O) groups is 2. The summed E-state index contributed by atoms with van der Waals surface area (Å²) < 4.78 is 18.2. The Hall–Kier alpha value is -3.64. The highest BCUT2D eigenvalue weighted by Gasteiger charge is 2.30. The molecule has 0 spiro atoms. The summed E-state index contributed by atoms with van der Waals surface area (Å²) in [5.41, 5.74) is 1.17. The number of thiazole rings is 1. The minimum atomic E-state index is -0.286. The summed E-state index contributed by atoms with van der Waals surface area (Å²) >= 11 is 2.88. The van der Waals surface area contributed by atoms with E-state index in [0.717, 1.165) is 23.5 Å². The zero-order valence-electron chi connectivity index (χ0n) is 21.0. The van der Waals surface area contributed by atoms with Gasteiger partial charge in [-0.05, 0) is 44.0 Å². The van der Waals surface area contributed by atoms with Gasteiger partial charge in [-0.2, -0.15) is 0 Å². The first-order chi connectivity index (χ1) is 18.6. The third kappa shape index (κ3) is 5.46. The van der Waals surface area contributed by atoms with Gasteiger partial charge in [-0.3, -0.25) is 14.2 Å². The molecule has 3 aromatic heterocycles. The Bertz CT molecular complexity index is 1400. The monoisotopic (exact) mass is 553 g/mol. The Morgan fingerprint density at radius 1 is 1.21 bits per heavy atom. The van der Waals surface area contributed by atoms with Crippen molar-refractivity contribution in [3.8, 4) is 23.0 Å². The number of thioether (sulfide) groups is 1. The van der Waals surface area contributed by atoms with Crippen LogP contribution in [-0.4, -0.2) is 63.3 Å². The summed E-state index contributed by atoms with van der Waals surface area (Å²) in [6.45, 7) is 3.09. The van der Waals surface area contributed by atoms with Crippen LogP contribution in [0.2, 0.25) is 0 Å². The zero-order valence-corrected chi connectivity index (χ0v) is 22.7. The van der Waals surface area contributed by atoms with Crippen molar-refractivity contribution in [2.75, 3.05) is 26.8 Å². The lowest BCUT2D eigenvalue weighted by Gasteiger charge is -2.31. The van der Waals surface area contributed by atoms with Crippen molar-refractivity contribution < 1.29 is 23.5 Å². The van der Waals surface area contributed by atoms with Crippen LogP contribution >= 0.6 is 23.1 Å². The van der Waals surface area contributed by atoms with E-state index in [1.54, 1.807) is 36.6 Å². The van der Waals surface area contributed by atoms with Gasteiger partial charge in [-0.25, -0.2) is 4.98 Å². The quantitative estimate of drug-likeness (QED) is 0.215. The van der Waals surface area contributed by atoms with Crippen molar-refractivity contribution in [3.63, 3.8) is 0 Å². The number of hydrogen-bond acceptors (Lipinski definition) is 10. The van der Waals surface area contributed by atoms with E-state index in [1.807, 2.05) is 34.9 Å². The number of likely N-dealkylation sites (tertiary alicyclic amines) is 1. The van der Waals surface area contributed by atoms with Crippen LogP contribution in [0.15, 0.2) is 57.6 Å². The largest absolute Gasteiger partial charge is 0.495 e. The fraction of sp³-hybridized carbons (Fsp3) is 0.346. The number of methoxy groups -OCH3 is 1. The minimum absolute atomic E-state index is 0.163. The molecule has 0 radical (unpaired) electrons. The normalized spacial score (nSPS) is 15.4. The van der Waals surface area contributed by atoms with Gasteiger partial charge in [0.2, 0.25) is 5.82 Å². The molecule has 0 N–H and O–H groups in total. The number of nitrogens with zero attached hydrogens (tertiary/aromatic N) is 5. The highest BCUT2D eigenvalue weighted by molar-refractivity contribution is 7.98. The van der Waals surface area contributed by atoms with E-state index in [9.17, 15) is 9.59 Å². The van der Waals surface area contributed by atoms with Gasteiger partial charge >= 0.3 is 5.97 Å². The number of benzene rings is 1. The average Bonchev–Trinajstić information content (AvgIpc) is 3.72. The molecule has 12 heteroatoms. The number of carbonyl (C=O) groups excluding carboxylic acids is 2. The Labute approximate surface area is 228 Å². The molecule has 0 bridgehead atoms. The number of hydrogen-bond donors (Lipinski definition) is 0. The summed E-state index contributed by atoms with van der Waals surface area (Å²) in [6.07, 6.45) is 3.09. The van der Waals surface area contributed by atoms with Crippen LogP contribution in [0.3, 0.4) is 0 Å². The van der Waals surface area contributed by atoms with Crippen LogP contribution in [0.4, 0.5) is 0 Å². The number of furan rings is 1. The standard InChI is InChI=1S/C26H27N5O5S2/c1-3-35-25(33)17-8-6-12-30(14-17)24(32)18-15-37-22(27-18)16-38-26-29-28-23(21-11-7-13-36-21)31(26)19-9-4-5-10-20(19)34-2/h4-5,7,9-11,13,15,17H,3,6,8,12,14,16H2,1-2H3. The molecule has 5 rings (SSSR count). The number of ether oxygens (including phenoxy) is 2. The van der Waals surface area contributed by atoms with Gasteiger partial charge in [-0.1, -0.05) is 23.9 Å². The Morgan fingerprint density at radius 3 is 2.87 bits per heavy atom. The summed E-state index contributed by atoms with van der Waals surface area (Å²) in [4.78, 5) is 31.6. The van der Waals surface area contributed by atoms with Gasteiger partial charge in [0.25, 0.3) is 5.91 Å². The van der Waals surface area contributed by atoms with Crippen molar-refractivity contribution in [2.24, 2.45) is 5.92 Å². The molecule has 198 valence electrons. The maximum absolute atomic E-state index is 13.1. The third-order valence-electron chi connectivity index (χ3n) is 6.13. The van der Waals surface area contributed by atoms with Crippen molar-refractivity contribution in [1.29, 1.82) is 0 Å². The van der Waals surface area contributed by atoms with Gasteiger partial charge < -0.3 is 18.8 Å². The molecule has 1 amide bonds. The molecule has 0 saturated carbocycles. The highest BCUT2D eigenvalue weighted by atomic mass is 32.2. The first-order valence-corrected chi connectivity index (χ1v) is 14.1. The van der Waals surface area contributed by atoms with E-state index >= 15 is 0 Å². The second-order valence-corrected chi connectivity index (χ2v) is 10.4. The van der Waals surface area contributed by atoms with E-state index in [-0.39, 0.29) is 17.8 Å². The number of rotatable bonds is 9. The second kappa shape index (κ2) is 11.8. The van der Waals surface area contributed by atoms with E-state index in [2.05, 4.69) is 15.2 Å². The second-order valence-electron chi connectivity index (χ2n) is 8.55. The molecular weight excluding hydrogens is 526 g/mol. The number of para-hydroxylation sites is 2. The Balaban J connectivity index is 1.32. The number of amides is 1. The lowest BCUT2D eigenvalue weighted by molar-refractivity contribution is -0.149.